The molecule has 3 heterocycles. The molecular weight excluding hydrogens is 584 g/mol. The van der Waals surface area contributed by atoms with E-state index >= 15 is 0 Å². The molecule has 2 aromatic heterocycles. The van der Waals surface area contributed by atoms with Crippen molar-refractivity contribution in [1.82, 2.24) is 14.5 Å². The Hall–Kier alpha value is -4.81. The quantitative estimate of drug-likeness (QED) is 0.253. The van der Waals surface area contributed by atoms with Crippen molar-refractivity contribution in [2.45, 2.75) is 19.0 Å². The number of piperidine rings is 1. The second kappa shape index (κ2) is 12.2. The lowest BCUT2D eigenvalue weighted by molar-refractivity contribution is -0.144. The minimum Gasteiger partial charge on any atom is -0.481 e. The number of ether oxygens (including phenoxy) is 1. The number of halogens is 3. The van der Waals surface area contributed by atoms with Crippen LogP contribution in [-0.4, -0.2) is 45.0 Å². The van der Waals surface area contributed by atoms with E-state index in [1.807, 2.05) is 11.9 Å². The third kappa shape index (κ3) is 6.35. The number of pyridine rings is 2. The molecule has 5 rings (SSSR count). The van der Waals surface area contributed by atoms with Crippen molar-refractivity contribution in [1.29, 1.82) is 0 Å². The van der Waals surface area contributed by atoms with Gasteiger partial charge in [-0.05, 0) is 49.7 Å². The fourth-order valence-corrected chi connectivity index (χ4v) is 5.05. The molecule has 2 aromatic carbocycles. The summed E-state index contributed by atoms with van der Waals surface area (Å²) in [5.41, 5.74) is 5.27. The van der Waals surface area contributed by atoms with Crippen LogP contribution in [0.5, 0.6) is 11.5 Å². The zero-order valence-electron chi connectivity index (χ0n) is 22.8. The van der Waals surface area contributed by atoms with Crippen molar-refractivity contribution in [2.75, 3.05) is 24.6 Å². The van der Waals surface area contributed by atoms with Crippen molar-refractivity contribution in [3.8, 4) is 22.6 Å². The number of carbonyl (C=O) groups is 2. The summed E-state index contributed by atoms with van der Waals surface area (Å²) in [4.78, 5) is 44.5. The van der Waals surface area contributed by atoms with Crippen molar-refractivity contribution < 1.29 is 28.2 Å². The standard InChI is InChI=1S/C30H26ClF2N5O5/c1-37-11-9-17(30(41)42)12-25(37)38-14-20(16-2-4-18(32)5-3-16)27(39)21(15-38)29(40)36-19-6-7-23(22(33)13-19)43-24-8-10-35-28(34)26(24)31/h2-8,10,13-15,17,25H,9,11-12H2,1H3,(H2,34,35)(H,36,40)(H,41,42). The van der Waals surface area contributed by atoms with Gasteiger partial charge < -0.3 is 25.5 Å². The zero-order chi connectivity index (χ0) is 30.8. The molecule has 2 atom stereocenters. The number of benzene rings is 2. The Labute approximate surface area is 249 Å². The lowest BCUT2D eigenvalue weighted by Crippen LogP contribution is -2.40. The number of carboxylic acids is 1. The predicted octanol–water partition coefficient (Wildman–Crippen LogP) is 5.39. The zero-order valence-corrected chi connectivity index (χ0v) is 23.5. The minimum absolute atomic E-state index is 0.00915. The molecule has 10 nitrogen and oxygen atoms in total. The first kappa shape index (κ1) is 29.7. The highest BCUT2D eigenvalue weighted by atomic mass is 35.5. The van der Waals surface area contributed by atoms with Crippen LogP contribution in [0.25, 0.3) is 11.1 Å². The molecule has 0 bridgehead atoms. The Kier molecular flexibility index (Phi) is 8.42. The molecule has 0 aliphatic carbocycles. The van der Waals surface area contributed by atoms with Crippen LogP contribution in [0, 0.1) is 17.6 Å². The summed E-state index contributed by atoms with van der Waals surface area (Å²) in [6.07, 6.45) is 4.43. The Bertz CT molecular complexity index is 1770. The van der Waals surface area contributed by atoms with Crippen LogP contribution in [0.4, 0.5) is 20.3 Å². The van der Waals surface area contributed by atoms with E-state index in [9.17, 15) is 28.3 Å². The van der Waals surface area contributed by atoms with Crippen LogP contribution in [-0.2, 0) is 4.79 Å². The summed E-state index contributed by atoms with van der Waals surface area (Å²) in [6.45, 7) is 0.478. The molecule has 4 aromatic rings. The van der Waals surface area contributed by atoms with Gasteiger partial charge in [-0.1, -0.05) is 23.7 Å². The molecule has 43 heavy (non-hydrogen) atoms. The molecule has 1 amide bonds. The molecule has 1 aliphatic heterocycles. The molecule has 222 valence electrons. The average molecular weight is 610 g/mol. The number of nitrogens with two attached hydrogens (primary N) is 1. The van der Waals surface area contributed by atoms with Crippen LogP contribution in [0.2, 0.25) is 5.02 Å². The molecule has 13 heteroatoms. The monoisotopic (exact) mass is 609 g/mol. The molecule has 0 spiro atoms. The maximum Gasteiger partial charge on any atom is 0.306 e. The predicted molar refractivity (Wildman–Crippen MR) is 156 cm³/mol. The van der Waals surface area contributed by atoms with E-state index in [4.69, 9.17) is 22.1 Å². The van der Waals surface area contributed by atoms with Gasteiger partial charge >= 0.3 is 5.97 Å². The third-order valence-electron chi connectivity index (χ3n) is 7.26. The van der Waals surface area contributed by atoms with Gasteiger partial charge in [-0.25, -0.2) is 13.8 Å². The summed E-state index contributed by atoms with van der Waals surface area (Å²) in [5.74, 6) is -3.80. The van der Waals surface area contributed by atoms with Crippen LogP contribution in [0.1, 0.15) is 29.4 Å². The second-order valence-electron chi connectivity index (χ2n) is 10.1. The highest BCUT2D eigenvalue weighted by molar-refractivity contribution is 6.34. The first-order valence-electron chi connectivity index (χ1n) is 13.2. The van der Waals surface area contributed by atoms with Gasteiger partial charge in [0.25, 0.3) is 5.91 Å². The van der Waals surface area contributed by atoms with Crippen molar-refractivity contribution in [3.63, 3.8) is 0 Å². The van der Waals surface area contributed by atoms with E-state index in [-0.39, 0.29) is 45.6 Å². The summed E-state index contributed by atoms with van der Waals surface area (Å²) < 4.78 is 35.7. The number of nitrogen functional groups attached to an aromatic ring is 1. The number of nitrogens with one attached hydrogen (secondary N) is 1. The minimum atomic E-state index is -0.931. The van der Waals surface area contributed by atoms with Gasteiger partial charge in [0, 0.05) is 48.5 Å². The van der Waals surface area contributed by atoms with Crippen molar-refractivity contribution in [3.05, 3.63) is 99.6 Å². The van der Waals surface area contributed by atoms with E-state index in [1.165, 1.54) is 61.1 Å². The number of anilines is 2. The van der Waals surface area contributed by atoms with Crippen LogP contribution in [0.3, 0.4) is 0 Å². The summed E-state index contributed by atoms with van der Waals surface area (Å²) >= 11 is 6.07. The SMILES string of the molecule is CN1CCC(C(=O)O)CC1n1cc(C(=O)Nc2ccc(Oc3ccnc(N)c3Cl)c(F)c2)c(=O)c(-c2ccc(F)cc2)c1. The van der Waals surface area contributed by atoms with E-state index in [2.05, 4.69) is 10.3 Å². The van der Waals surface area contributed by atoms with Gasteiger partial charge in [-0.2, -0.15) is 0 Å². The molecule has 1 fully saturated rings. The van der Waals surface area contributed by atoms with E-state index in [0.717, 1.165) is 6.07 Å². The number of aromatic nitrogens is 2. The van der Waals surface area contributed by atoms with Gasteiger partial charge in [0.15, 0.2) is 17.3 Å². The fourth-order valence-electron chi connectivity index (χ4n) is 4.90. The largest absolute Gasteiger partial charge is 0.481 e. The molecule has 1 aliphatic rings. The molecule has 0 radical (unpaired) electrons. The number of carbonyl (C=O) groups excluding carboxylic acids is 1. The Morgan fingerprint density at radius 3 is 2.56 bits per heavy atom. The average Bonchev–Trinajstić information content (AvgIpc) is 2.97. The molecular formula is C30H26ClF2N5O5. The molecule has 2 unspecified atom stereocenters. The maximum atomic E-state index is 15.0. The molecule has 0 saturated carbocycles. The Morgan fingerprint density at radius 1 is 1.12 bits per heavy atom. The highest BCUT2D eigenvalue weighted by Gasteiger charge is 2.32. The number of aliphatic carboxylic acids is 1. The van der Waals surface area contributed by atoms with E-state index < -0.39 is 41.0 Å². The Balaban J connectivity index is 1.48. The first-order chi connectivity index (χ1) is 20.5. The van der Waals surface area contributed by atoms with Crippen LogP contribution in [0.15, 0.2) is 71.9 Å². The van der Waals surface area contributed by atoms with Gasteiger partial charge in [0.2, 0.25) is 5.43 Å². The van der Waals surface area contributed by atoms with Gasteiger partial charge in [0.05, 0.1) is 12.1 Å². The topological polar surface area (TPSA) is 140 Å². The normalized spacial score (nSPS) is 16.9. The van der Waals surface area contributed by atoms with Crippen LogP contribution >= 0.6 is 11.6 Å². The maximum absolute atomic E-state index is 15.0. The molecule has 1 saturated heterocycles. The lowest BCUT2D eigenvalue weighted by atomic mass is 9.94. The van der Waals surface area contributed by atoms with Crippen molar-refractivity contribution in [2.24, 2.45) is 5.92 Å². The third-order valence-corrected chi connectivity index (χ3v) is 7.64. The summed E-state index contributed by atoms with van der Waals surface area (Å²) in [7, 11) is 1.82. The molecule has 4 N–H and O–H groups in total. The fraction of sp³-hybridized carbons (Fsp3) is 0.200. The number of carboxylic acid groups (broad SMARTS) is 1. The highest BCUT2D eigenvalue weighted by Crippen LogP contribution is 2.34. The van der Waals surface area contributed by atoms with E-state index in [0.29, 0.717) is 18.5 Å². The summed E-state index contributed by atoms with van der Waals surface area (Å²) in [6, 6.07) is 10.3. The van der Waals surface area contributed by atoms with Crippen molar-refractivity contribution >= 4 is 35.0 Å². The number of hydrogen-bond acceptors (Lipinski definition) is 7. The number of likely N-dealkylation sites (tertiary alicyclic amines) is 1. The number of amides is 1. The van der Waals surface area contributed by atoms with Gasteiger partial charge in [0.1, 0.15) is 22.2 Å². The van der Waals surface area contributed by atoms with Crippen LogP contribution < -0.4 is 21.2 Å². The summed E-state index contributed by atoms with van der Waals surface area (Å²) in [5, 5.41) is 12.2. The number of nitrogens with zero attached hydrogens (tertiary/aromatic N) is 3. The van der Waals surface area contributed by atoms with Gasteiger partial charge in [-0.3, -0.25) is 19.3 Å². The Morgan fingerprint density at radius 2 is 1.86 bits per heavy atom. The first-order valence-corrected chi connectivity index (χ1v) is 13.5. The second-order valence-corrected chi connectivity index (χ2v) is 10.5. The number of rotatable bonds is 7. The van der Waals surface area contributed by atoms with Gasteiger partial charge in [-0.15, -0.1) is 0 Å². The lowest BCUT2D eigenvalue weighted by Gasteiger charge is -2.37. The van der Waals surface area contributed by atoms with E-state index in [1.54, 1.807) is 4.57 Å². The number of hydrogen-bond donors (Lipinski definition) is 3. The smallest absolute Gasteiger partial charge is 0.306 e.